The van der Waals surface area contributed by atoms with Crippen molar-refractivity contribution in [2.75, 3.05) is 6.54 Å². The molecule has 4 nitrogen and oxygen atoms in total. The maximum atomic E-state index is 12.2. The van der Waals surface area contributed by atoms with Gasteiger partial charge in [-0.25, -0.2) is 0 Å². The van der Waals surface area contributed by atoms with E-state index in [1.54, 1.807) is 0 Å². The minimum Gasteiger partial charge on any atom is -0.361 e. The first-order valence-corrected chi connectivity index (χ1v) is 9.63. The van der Waals surface area contributed by atoms with Crippen LogP contribution in [0.15, 0.2) is 54.9 Å². The number of halogens is 2. The van der Waals surface area contributed by atoms with Crippen LogP contribution in [0.4, 0.5) is 0 Å². The number of aryl methyl sites for hydroxylation is 1. The van der Waals surface area contributed by atoms with Gasteiger partial charge in [0.2, 0.25) is 5.91 Å². The lowest BCUT2D eigenvalue weighted by Gasteiger charge is -2.07. The Morgan fingerprint density at radius 1 is 1.11 bits per heavy atom. The predicted molar refractivity (Wildman–Crippen MR) is 112 cm³/mol. The zero-order valence-electron chi connectivity index (χ0n) is 14.6. The number of aromatic amines is 1. The number of hydrogen-bond donors (Lipinski definition) is 2. The third-order valence-corrected chi connectivity index (χ3v) is 5.35. The summed E-state index contributed by atoms with van der Waals surface area (Å²) in [6.07, 6.45) is 5.13. The normalized spacial score (nSPS) is 11.3. The van der Waals surface area contributed by atoms with Crippen molar-refractivity contribution < 1.29 is 4.79 Å². The van der Waals surface area contributed by atoms with Crippen molar-refractivity contribution in [2.45, 2.75) is 19.4 Å². The Labute approximate surface area is 167 Å². The van der Waals surface area contributed by atoms with E-state index in [4.69, 9.17) is 23.2 Å². The number of carbonyl (C=O) groups excluding carboxylic acids is 1. The molecule has 1 amide bonds. The molecule has 4 rings (SSSR count). The molecule has 0 unspecified atom stereocenters. The molecule has 2 aromatic carbocycles. The Morgan fingerprint density at radius 3 is 2.89 bits per heavy atom. The van der Waals surface area contributed by atoms with Crippen molar-refractivity contribution in [3.05, 3.63) is 70.5 Å². The van der Waals surface area contributed by atoms with Gasteiger partial charge >= 0.3 is 0 Å². The molecule has 0 aliphatic heterocycles. The maximum absolute atomic E-state index is 12.2. The number of nitrogens with zero attached hydrogens (tertiary/aromatic N) is 1. The van der Waals surface area contributed by atoms with Crippen LogP contribution >= 0.6 is 23.2 Å². The summed E-state index contributed by atoms with van der Waals surface area (Å²) in [4.78, 5) is 15.4. The van der Waals surface area contributed by atoms with Crippen molar-refractivity contribution in [3.8, 4) is 0 Å². The lowest BCUT2D eigenvalue weighted by atomic mass is 10.1. The molecule has 2 aromatic heterocycles. The van der Waals surface area contributed by atoms with Gasteiger partial charge in [-0.3, -0.25) is 4.79 Å². The van der Waals surface area contributed by atoms with Crippen LogP contribution < -0.4 is 5.32 Å². The van der Waals surface area contributed by atoms with E-state index in [0.717, 1.165) is 38.8 Å². The van der Waals surface area contributed by atoms with Crippen LogP contribution in [0.25, 0.3) is 21.8 Å². The van der Waals surface area contributed by atoms with Gasteiger partial charge in [0.05, 0.1) is 0 Å². The molecule has 0 aliphatic rings. The van der Waals surface area contributed by atoms with Crippen LogP contribution in [0.5, 0.6) is 0 Å². The molecule has 2 heterocycles. The highest BCUT2D eigenvalue weighted by Crippen LogP contribution is 2.24. The molecule has 0 saturated carbocycles. The van der Waals surface area contributed by atoms with Gasteiger partial charge in [0.1, 0.15) is 0 Å². The number of rotatable bonds is 6. The summed E-state index contributed by atoms with van der Waals surface area (Å²) in [6.45, 7) is 1.22. The fourth-order valence-corrected chi connectivity index (χ4v) is 3.79. The highest BCUT2D eigenvalue weighted by molar-refractivity contribution is 6.35. The molecule has 0 spiro atoms. The Kier molecular flexibility index (Phi) is 5.10. The summed E-state index contributed by atoms with van der Waals surface area (Å²) in [5.41, 5.74) is 3.25. The number of benzene rings is 2. The van der Waals surface area contributed by atoms with Crippen molar-refractivity contribution in [3.63, 3.8) is 0 Å². The molecule has 2 N–H and O–H groups in total. The minimum absolute atomic E-state index is 0.0387. The quantitative estimate of drug-likeness (QED) is 0.461. The number of hydrogen-bond acceptors (Lipinski definition) is 1. The Hall–Kier alpha value is -2.43. The topological polar surface area (TPSA) is 49.8 Å². The monoisotopic (exact) mass is 399 g/mol. The highest BCUT2D eigenvalue weighted by atomic mass is 35.5. The standard InChI is InChI=1S/C21H19Cl2N3O/c22-15-4-5-19-17(12-15)14(13-25-19)6-9-24-21(27)8-11-26-10-7-16-18(23)2-1-3-20(16)26/h1-5,7,10,12-13,25H,6,8-9,11H2,(H,24,27). The van der Waals surface area contributed by atoms with Crippen LogP contribution in [0.3, 0.4) is 0 Å². The van der Waals surface area contributed by atoms with Gasteiger partial charge in [0.25, 0.3) is 0 Å². The Morgan fingerprint density at radius 2 is 2.00 bits per heavy atom. The third-order valence-electron chi connectivity index (χ3n) is 4.79. The van der Waals surface area contributed by atoms with E-state index in [9.17, 15) is 4.79 Å². The van der Waals surface area contributed by atoms with E-state index >= 15 is 0 Å². The molecule has 6 heteroatoms. The fraction of sp³-hybridized carbons (Fsp3) is 0.190. The molecule has 138 valence electrons. The summed E-state index contributed by atoms with van der Waals surface area (Å²) < 4.78 is 2.06. The number of amides is 1. The lowest BCUT2D eigenvalue weighted by Crippen LogP contribution is -2.26. The van der Waals surface area contributed by atoms with Gasteiger partial charge in [-0.1, -0.05) is 29.3 Å². The minimum atomic E-state index is 0.0387. The Bertz CT molecular complexity index is 1110. The van der Waals surface area contributed by atoms with E-state index in [1.807, 2.05) is 54.9 Å². The molecule has 0 saturated heterocycles. The smallest absolute Gasteiger partial charge is 0.221 e. The second-order valence-corrected chi connectivity index (χ2v) is 7.38. The summed E-state index contributed by atoms with van der Waals surface area (Å²) in [5.74, 6) is 0.0387. The van der Waals surface area contributed by atoms with Gasteiger partial charge < -0.3 is 14.9 Å². The van der Waals surface area contributed by atoms with E-state index in [-0.39, 0.29) is 5.91 Å². The highest BCUT2D eigenvalue weighted by Gasteiger charge is 2.08. The van der Waals surface area contributed by atoms with Crippen LogP contribution in [0, 0.1) is 0 Å². The van der Waals surface area contributed by atoms with Crippen molar-refractivity contribution in [1.82, 2.24) is 14.9 Å². The van der Waals surface area contributed by atoms with E-state index < -0.39 is 0 Å². The number of nitrogens with one attached hydrogen (secondary N) is 2. The molecule has 0 radical (unpaired) electrons. The largest absolute Gasteiger partial charge is 0.361 e. The summed E-state index contributed by atoms with van der Waals surface area (Å²) >= 11 is 12.3. The van der Waals surface area contributed by atoms with Crippen molar-refractivity contribution >= 4 is 50.9 Å². The molecule has 0 atom stereocenters. The molecule has 0 aliphatic carbocycles. The van der Waals surface area contributed by atoms with Gasteiger partial charge in [-0.2, -0.15) is 0 Å². The molecule has 27 heavy (non-hydrogen) atoms. The van der Waals surface area contributed by atoms with Crippen LogP contribution in [-0.2, 0) is 17.8 Å². The number of fused-ring (bicyclic) bond motifs is 2. The second kappa shape index (κ2) is 7.67. The van der Waals surface area contributed by atoms with Crippen LogP contribution in [0.2, 0.25) is 10.0 Å². The SMILES string of the molecule is O=C(CCn1ccc2c(Cl)cccc21)NCCc1c[nH]c2ccc(Cl)cc12. The first-order chi connectivity index (χ1) is 13.1. The van der Waals surface area contributed by atoms with Crippen LogP contribution in [-0.4, -0.2) is 22.0 Å². The number of aromatic nitrogens is 2. The Balaban J connectivity index is 1.32. The van der Waals surface area contributed by atoms with Gasteiger partial charge in [0, 0.05) is 63.8 Å². The van der Waals surface area contributed by atoms with E-state index in [0.29, 0.717) is 24.5 Å². The maximum Gasteiger partial charge on any atom is 0.221 e. The zero-order chi connectivity index (χ0) is 18.8. The second-order valence-electron chi connectivity index (χ2n) is 6.54. The van der Waals surface area contributed by atoms with Crippen molar-refractivity contribution in [2.24, 2.45) is 0 Å². The van der Waals surface area contributed by atoms with Gasteiger partial charge in [-0.05, 0) is 48.4 Å². The number of carbonyl (C=O) groups is 1. The van der Waals surface area contributed by atoms with Crippen molar-refractivity contribution in [1.29, 1.82) is 0 Å². The first kappa shape index (κ1) is 18.0. The summed E-state index contributed by atoms with van der Waals surface area (Å²) in [5, 5.41) is 6.56. The van der Waals surface area contributed by atoms with E-state index in [2.05, 4.69) is 14.9 Å². The number of H-pyrrole nitrogens is 1. The molecule has 0 bridgehead atoms. The summed E-state index contributed by atoms with van der Waals surface area (Å²) in [7, 11) is 0. The first-order valence-electron chi connectivity index (χ1n) is 8.87. The van der Waals surface area contributed by atoms with Gasteiger partial charge in [-0.15, -0.1) is 0 Å². The molecule has 0 fully saturated rings. The molecular weight excluding hydrogens is 381 g/mol. The zero-order valence-corrected chi connectivity index (χ0v) is 16.1. The lowest BCUT2D eigenvalue weighted by molar-refractivity contribution is -0.121. The third kappa shape index (κ3) is 3.82. The fourth-order valence-electron chi connectivity index (χ4n) is 3.39. The predicted octanol–water partition coefficient (Wildman–Crippen LogP) is 5.18. The molecule has 4 aromatic rings. The summed E-state index contributed by atoms with van der Waals surface area (Å²) in [6, 6.07) is 13.6. The molecular formula is C21H19Cl2N3O. The average Bonchev–Trinajstić information content (AvgIpc) is 3.25. The van der Waals surface area contributed by atoms with Crippen LogP contribution in [0.1, 0.15) is 12.0 Å². The van der Waals surface area contributed by atoms with Gasteiger partial charge in [0.15, 0.2) is 0 Å². The van der Waals surface area contributed by atoms with E-state index in [1.165, 1.54) is 0 Å². The average molecular weight is 400 g/mol.